The van der Waals surface area contributed by atoms with Crippen molar-refractivity contribution in [1.29, 1.82) is 0 Å². The standard InChI is InChI=1S/C28H31BrClN3O5S/c1-19(2)31-28(35)20(3)32(17-21-7-5-8-22(29)15-21)27(34)18-33(24-10-6-9-23(30)16-24)39(36,37)26-13-11-25(38-4)12-14-26/h5-16,19-20H,17-18H2,1-4H3,(H,31,35)/t20-/m1/s1. The van der Waals surface area contributed by atoms with Gasteiger partial charge in [-0.1, -0.05) is 45.7 Å². The zero-order valence-electron chi connectivity index (χ0n) is 22.1. The van der Waals surface area contributed by atoms with Crippen molar-refractivity contribution in [2.45, 2.75) is 44.3 Å². The smallest absolute Gasteiger partial charge is 0.264 e. The molecule has 0 aliphatic rings. The molecular formula is C28H31BrClN3O5S. The first-order chi connectivity index (χ1) is 18.4. The van der Waals surface area contributed by atoms with Crippen molar-refractivity contribution >= 4 is 55.1 Å². The molecule has 0 unspecified atom stereocenters. The second kappa shape index (κ2) is 13.3. The Bertz CT molecular complexity index is 1420. The molecule has 0 aliphatic heterocycles. The number of hydrogen-bond donors (Lipinski definition) is 1. The van der Waals surface area contributed by atoms with E-state index in [4.69, 9.17) is 16.3 Å². The van der Waals surface area contributed by atoms with Gasteiger partial charge in [0.15, 0.2) is 0 Å². The first kappa shape index (κ1) is 30.5. The van der Waals surface area contributed by atoms with Crippen LogP contribution in [-0.2, 0) is 26.2 Å². The average Bonchev–Trinajstić information content (AvgIpc) is 2.89. The number of rotatable bonds is 11. The first-order valence-electron chi connectivity index (χ1n) is 12.2. The van der Waals surface area contributed by atoms with E-state index in [0.717, 1.165) is 14.3 Å². The van der Waals surface area contributed by atoms with Crippen LogP contribution in [0.2, 0.25) is 5.02 Å². The van der Waals surface area contributed by atoms with Crippen LogP contribution >= 0.6 is 27.5 Å². The molecule has 1 atom stereocenters. The summed E-state index contributed by atoms with van der Waals surface area (Å²) in [6.07, 6.45) is 0. The average molecular weight is 637 g/mol. The summed E-state index contributed by atoms with van der Waals surface area (Å²) in [5.41, 5.74) is 0.989. The Kier molecular flexibility index (Phi) is 10.4. The molecule has 0 saturated carbocycles. The highest BCUT2D eigenvalue weighted by molar-refractivity contribution is 9.10. The minimum Gasteiger partial charge on any atom is -0.497 e. The molecule has 1 N–H and O–H groups in total. The van der Waals surface area contributed by atoms with Crippen LogP contribution in [0, 0.1) is 0 Å². The van der Waals surface area contributed by atoms with Gasteiger partial charge in [0.1, 0.15) is 18.3 Å². The lowest BCUT2D eigenvalue weighted by Gasteiger charge is -2.32. The third kappa shape index (κ3) is 7.97. The normalized spacial score (nSPS) is 12.1. The van der Waals surface area contributed by atoms with Gasteiger partial charge < -0.3 is 15.0 Å². The van der Waals surface area contributed by atoms with Crippen LogP contribution in [0.4, 0.5) is 5.69 Å². The Morgan fingerprint density at radius 1 is 1.00 bits per heavy atom. The Labute approximate surface area is 243 Å². The predicted octanol–water partition coefficient (Wildman–Crippen LogP) is 5.25. The fourth-order valence-corrected chi connectivity index (χ4v) is 5.89. The largest absolute Gasteiger partial charge is 0.497 e. The second-order valence-corrected chi connectivity index (χ2v) is 12.4. The Hall–Kier alpha value is -3.08. The first-order valence-corrected chi connectivity index (χ1v) is 14.8. The van der Waals surface area contributed by atoms with Gasteiger partial charge in [-0.2, -0.15) is 0 Å². The molecule has 3 rings (SSSR count). The van der Waals surface area contributed by atoms with Gasteiger partial charge >= 0.3 is 0 Å². The number of benzene rings is 3. The quantitative estimate of drug-likeness (QED) is 0.310. The second-order valence-electron chi connectivity index (χ2n) is 9.16. The molecule has 3 aromatic carbocycles. The molecule has 0 heterocycles. The predicted molar refractivity (Wildman–Crippen MR) is 156 cm³/mol. The monoisotopic (exact) mass is 635 g/mol. The molecule has 208 valence electrons. The molecule has 0 bridgehead atoms. The molecule has 0 radical (unpaired) electrons. The maximum absolute atomic E-state index is 13.9. The van der Waals surface area contributed by atoms with Gasteiger partial charge in [-0.05, 0) is 80.9 Å². The van der Waals surface area contributed by atoms with Crippen LogP contribution in [0.25, 0.3) is 0 Å². The number of methoxy groups -OCH3 is 1. The summed E-state index contributed by atoms with van der Waals surface area (Å²) in [5.74, 6) is -0.413. The fraction of sp³-hybridized carbons (Fsp3) is 0.286. The lowest BCUT2D eigenvalue weighted by Crippen LogP contribution is -2.52. The summed E-state index contributed by atoms with van der Waals surface area (Å²) >= 11 is 9.63. The van der Waals surface area contributed by atoms with Crippen molar-refractivity contribution in [2.24, 2.45) is 0 Å². The molecule has 39 heavy (non-hydrogen) atoms. The summed E-state index contributed by atoms with van der Waals surface area (Å²) in [7, 11) is -2.72. The topological polar surface area (TPSA) is 96.0 Å². The van der Waals surface area contributed by atoms with Crippen molar-refractivity contribution < 1.29 is 22.7 Å². The zero-order valence-corrected chi connectivity index (χ0v) is 25.3. The number of anilines is 1. The molecule has 11 heteroatoms. The lowest BCUT2D eigenvalue weighted by atomic mass is 10.1. The van der Waals surface area contributed by atoms with Gasteiger partial charge in [0, 0.05) is 22.1 Å². The molecule has 0 aliphatic carbocycles. The Morgan fingerprint density at radius 2 is 1.67 bits per heavy atom. The van der Waals surface area contributed by atoms with Crippen molar-refractivity contribution in [2.75, 3.05) is 18.0 Å². The van der Waals surface area contributed by atoms with E-state index in [1.807, 2.05) is 38.1 Å². The maximum atomic E-state index is 13.9. The minimum absolute atomic E-state index is 0.0276. The summed E-state index contributed by atoms with van der Waals surface area (Å²) in [6.45, 7) is 4.81. The molecular weight excluding hydrogens is 606 g/mol. The molecule has 0 fully saturated rings. The molecule has 2 amide bonds. The Morgan fingerprint density at radius 3 is 2.26 bits per heavy atom. The van der Waals surface area contributed by atoms with Crippen LogP contribution < -0.4 is 14.4 Å². The number of nitrogens with one attached hydrogen (secondary N) is 1. The van der Waals surface area contributed by atoms with Gasteiger partial charge in [-0.3, -0.25) is 13.9 Å². The number of amides is 2. The van der Waals surface area contributed by atoms with Crippen molar-refractivity contribution in [3.8, 4) is 5.75 Å². The van der Waals surface area contributed by atoms with Crippen LogP contribution in [-0.4, -0.2) is 50.9 Å². The number of nitrogens with zero attached hydrogens (tertiary/aromatic N) is 2. The number of sulfonamides is 1. The highest BCUT2D eigenvalue weighted by atomic mass is 79.9. The van der Waals surface area contributed by atoms with E-state index in [1.54, 1.807) is 25.1 Å². The van der Waals surface area contributed by atoms with Gasteiger partial charge in [0.25, 0.3) is 10.0 Å². The van der Waals surface area contributed by atoms with E-state index < -0.39 is 28.5 Å². The van der Waals surface area contributed by atoms with E-state index in [9.17, 15) is 18.0 Å². The molecule has 0 saturated heterocycles. The van der Waals surface area contributed by atoms with Crippen molar-refractivity contribution in [3.63, 3.8) is 0 Å². The molecule has 3 aromatic rings. The maximum Gasteiger partial charge on any atom is 0.264 e. The van der Waals surface area contributed by atoms with E-state index in [1.165, 1.54) is 42.3 Å². The fourth-order valence-electron chi connectivity index (χ4n) is 3.85. The third-order valence-electron chi connectivity index (χ3n) is 5.86. The van der Waals surface area contributed by atoms with Crippen molar-refractivity contribution in [1.82, 2.24) is 10.2 Å². The SMILES string of the molecule is COc1ccc(S(=O)(=O)N(CC(=O)N(Cc2cccc(Br)c2)[C@H](C)C(=O)NC(C)C)c2cccc(Cl)c2)cc1. The molecule has 0 aromatic heterocycles. The van der Waals surface area contributed by atoms with Crippen molar-refractivity contribution in [3.05, 3.63) is 87.9 Å². The van der Waals surface area contributed by atoms with Crippen LogP contribution in [0.1, 0.15) is 26.3 Å². The number of ether oxygens (including phenoxy) is 1. The highest BCUT2D eigenvalue weighted by Gasteiger charge is 2.32. The van der Waals surface area contributed by atoms with E-state index in [0.29, 0.717) is 10.8 Å². The zero-order chi connectivity index (χ0) is 28.7. The number of carbonyl (C=O) groups is 2. The lowest BCUT2D eigenvalue weighted by molar-refractivity contribution is -0.139. The summed E-state index contributed by atoms with van der Waals surface area (Å²) in [5, 5.41) is 3.14. The number of halogens is 2. The number of hydrogen-bond acceptors (Lipinski definition) is 5. The summed E-state index contributed by atoms with van der Waals surface area (Å²) in [6, 6.07) is 18.5. The van der Waals surface area contributed by atoms with Crippen LogP contribution in [0.3, 0.4) is 0 Å². The van der Waals surface area contributed by atoms with Gasteiger partial charge in [0.2, 0.25) is 11.8 Å². The highest BCUT2D eigenvalue weighted by Crippen LogP contribution is 2.28. The van der Waals surface area contributed by atoms with E-state index >= 15 is 0 Å². The van der Waals surface area contributed by atoms with Gasteiger partial charge in [0.05, 0.1) is 17.7 Å². The van der Waals surface area contributed by atoms with Crippen LogP contribution in [0.15, 0.2) is 82.2 Å². The number of carbonyl (C=O) groups excluding carboxylic acids is 2. The van der Waals surface area contributed by atoms with Gasteiger partial charge in [-0.15, -0.1) is 0 Å². The third-order valence-corrected chi connectivity index (χ3v) is 8.38. The summed E-state index contributed by atoms with van der Waals surface area (Å²) < 4.78 is 34.6. The van der Waals surface area contributed by atoms with E-state index in [-0.39, 0.29) is 29.1 Å². The van der Waals surface area contributed by atoms with Crippen LogP contribution in [0.5, 0.6) is 5.75 Å². The molecule has 8 nitrogen and oxygen atoms in total. The van der Waals surface area contributed by atoms with Gasteiger partial charge in [-0.25, -0.2) is 8.42 Å². The molecule has 0 spiro atoms. The summed E-state index contributed by atoms with van der Waals surface area (Å²) in [4.78, 5) is 28.2. The minimum atomic E-state index is -4.21. The Balaban J connectivity index is 2.04. The van der Waals surface area contributed by atoms with E-state index in [2.05, 4.69) is 21.2 Å².